The van der Waals surface area contributed by atoms with Gasteiger partial charge in [-0.1, -0.05) is 0 Å². The summed E-state index contributed by atoms with van der Waals surface area (Å²) in [7, 11) is 0. The number of ether oxygens (including phenoxy) is 1. The molecule has 0 spiro atoms. The molecule has 2 heterocycles. The van der Waals surface area contributed by atoms with E-state index in [9.17, 15) is 30.0 Å². The Kier molecular flexibility index (Phi) is 3.80. The molecule has 1 aromatic rings. The average Bonchev–Trinajstić information content (AvgIpc) is 2.64. The van der Waals surface area contributed by atoms with E-state index in [1.807, 2.05) is 4.98 Å². The Morgan fingerprint density at radius 1 is 1.50 bits per heavy atom. The molecule has 9 nitrogen and oxygen atoms in total. The third-order valence-electron chi connectivity index (χ3n) is 3.54. The summed E-state index contributed by atoms with van der Waals surface area (Å²) in [5.74, 6) is 0. The van der Waals surface area contributed by atoms with Crippen LogP contribution in [0.15, 0.2) is 21.9 Å². The number of H-pyrrole nitrogens is 1. The minimum Gasteiger partial charge on any atom is -0.393 e. The van der Waals surface area contributed by atoms with Gasteiger partial charge in [0.25, 0.3) is 5.56 Å². The Morgan fingerprint density at radius 3 is 2.60 bits per heavy atom. The van der Waals surface area contributed by atoms with Crippen molar-refractivity contribution in [2.75, 3.05) is 6.61 Å². The molecule has 20 heavy (non-hydrogen) atoms. The lowest BCUT2D eigenvalue weighted by Crippen LogP contribution is -2.54. The highest BCUT2D eigenvalue weighted by molar-refractivity contribution is 5.04. The lowest BCUT2D eigenvalue weighted by atomic mass is 9.91. The van der Waals surface area contributed by atoms with E-state index in [0.29, 0.717) is 0 Å². The van der Waals surface area contributed by atoms with E-state index in [-0.39, 0.29) is 0 Å². The summed E-state index contributed by atoms with van der Waals surface area (Å²) in [6.45, 7) is 0.529. The molecule has 1 aliphatic rings. The lowest BCUT2D eigenvalue weighted by Gasteiger charge is -2.32. The number of hydrogen-bond acceptors (Lipinski definition) is 7. The fraction of sp³-hybridized carbons (Fsp3) is 0.636. The Bertz CT molecular complexity index is 595. The van der Waals surface area contributed by atoms with Gasteiger partial charge in [0.2, 0.25) is 0 Å². The molecule has 9 heteroatoms. The largest absolute Gasteiger partial charge is 0.393 e. The normalized spacial score (nSPS) is 35.1. The summed E-state index contributed by atoms with van der Waals surface area (Å²) < 4.78 is 6.20. The molecule has 1 aliphatic heterocycles. The van der Waals surface area contributed by atoms with Gasteiger partial charge in [0.1, 0.15) is 17.8 Å². The monoisotopic (exact) mass is 288 g/mol. The highest BCUT2D eigenvalue weighted by atomic mass is 16.6. The molecule has 0 aromatic carbocycles. The van der Waals surface area contributed by atoms with Gasteiger partial charge in [-0.25, -0.2) is 4.79 Å². The van der Waals surface area contributed by atoms with Crippen LogP contribution in [-0.4, -0.2) is 60.5 Å². The van der Waals surface area contributed by atoms with Crippen molar-refractivity contribution in [3.63, 3.8) is 0 Å². The lowest BCUT2D eigenvalue weighted by molar-refractivity contribution is -0.178. The van der Waals surface area contributed by atoms with Crippen LogP contribution in [0.4, 0.5) is 0 Å². The van der Waals surface area contributed by atoms with Crippen LogP contribution in [-0.2, 0) is 4.74 Å². The molecule has 2 rings (SSSR count). The second-order valence-electron chi connectivity index (χ2n) is 4.75. The first kappa shape index (κ1) is 14.9. The maximum Gasteiger partial charge on any atom is 0.330 e. The van der Waals surface area contributed by atoms with Crippen molar-refractivity contribution in [2.24, 2.45) is 0 Å². The van der Waals surface area contributed by atoms with Gasteiger partial charge < -0.3 is 25.2 Å². The molecule has 112 valence electrons. The summed E-state index contributed by atoms with van der Waals surface area (Å²) in [6.07, 6.45) is -4.69. The molecule has 0 amide bonds. The number of aliphatic hydroxyl groups is 4. The van der Waals surface area contributed by atoms with Crippen LogP contribution >= 0.6 is 0 Å². The van der Waals surface area contributed by atoms with E-state index in [1.54, 1.807) is 0 Å². The molecule has 5 atom stereocenters. The van der Waals surface area contributed by atoms with Crippen LogP contribution < -0.4 is 11.2 Å². The highest BCUT2D eigenvalue weighted by Gasteiger charge is 2.57. The van der Waals surface area contributed by atoms with Crippen molar-refractivity contribution >= 4 is 0 Å². The van der Waals surface area contributed by atoms with Crippen LogP contribution in [0.1, 0.15) is 13.2 Å². The van der Waals surface area contributed by atoms with Crippen molar-refractivity contribution in [3.8, 4) is 0 Å². The van der Waals surface area contributed by atoms with Gasteiger partial charge in [0.05, 0.1) is 12.7 Å². The second-order valence-corrected chi connectivity index (χ2v) is 4.75. The SMILES string of the molecule is CC(O)[C@]1(CO)O[C@@H](n2ccc(=O)[nH]c2=O)[C@H](O)[C@@H]1O. The first-order valence-electron chi connectivity index (χ1n) is 5.98. The number of nitrogens with one attached hydrogen (secondary N) is 1. The zero-order chi connectivity index (χ0) is 15.1. The van der Waals surface area contributed by atoms with Gasteiger partial charge in [-0.2, -0.15) is 0 Å². The fourth-order valence-electron chi connectivity index (χ4n) is 2.27. The van der Waals surface area contributed by atoms with E-state index in [0.717, 1.165) is 16.8 Å². The van der Waals surface area contributed by atoms with Gasteiger partial charge >= 0.3 is 5.69 Å². The summed E-state index contributed by atoms with van der Waals surface area (Å²) >= 11 is 0. The highest BCUT2D eigenvalue weighted by Crippen LogP contribution is 2.38. The third-order valence-corrected chi connectivity index (χ3v) is 3.54. The summed E-state index contributed by atoms with van der Waals surface area (Å²) in [6, 6.07) is 1.05. The van der Waals surface area contributed by atoms with Crippen LogP contribution in [0, 0.1) is 0 Å². The van der Waals surface area contributed by atoms with Crippen molar-refractivity contribution in [2.45, 2.75) is 37.1 Å². The number of hydrogen-bond donors (Lipinski definition) is 5. The smallest absolute Gasteiger partial charge is 0.330 e. The van der Waals surface area contributed by atoms with Gasteiger partial charge in [-0.05, 0) is 6.92 Å². The van der Waals surface area contributed by atoms with E-state index < -0.39 is 48.0 Å². The van der Waals surface area contributed by atoms with Gasteiger partial charge in [0, 0.05) is 12.3 Å². The molecule has 5 N–H and O–H groups in total. The number of aromatic nitrogens is 2. The van der Waals surface area contributed by atoms with Crippen molar-refractivity contribution in [1.82, 2.24) is 9.55 Å². The van der Waals surface area contributed by atoms with Crippen LogP contribution in [0.3, 0.4) is 0 Å². The summed E-state index contributed by atoms with van der Waals surface area (Å²) in [4.78, 5) is 24.6. The van der Waals surface area contributed by atoms with Crippen LogP contribution in [0.2, 0.25) is 0 Å². The van der Waals surface area contributed by atoms with Crippen LogP contribution in [0.5, 0.6) is 0 Å². The Labute approximate surface area is 112 Å². The van der Waals surface area contributed by atoms with E-state index >= 15 is 0 Å². The zero-order valence-corrected chi connectivity index (χ0v) is 10.6. The minimum absolute atomic E-state index is 0.622. The fourth-order valence-corrected chi connectivity index (χ4v) is 2.27. The van der Waals surface area contributed by atoms with Crippen molar-refractivity contribution in [3.05, 3.63) is 33.1 Å². The molecule has 1 unspecified atom stereocenters. The molecule has 0 aliphatic carbocycles. The number of aliphatic hydroxyl groups excluding tert-OH is 4. The molecule has 0 bridgehead atoms. The molecule has 1 aromatic heterocycles. The van der Waals surface area contributed by atoms with Crippen molar-refractivity contribution in [1.29, 1.82) is 0 Å². The summed E-state index contributed by atoms with van der Waals surface area (Å²) in [5, 5.41) is 39.0. The summed E-state index contributed by atoms with van der Waals surface area (Å²) in [5.41, 5.74) is -3.27. The van der Waals surface area contributed by atoms with E-state index in [4.69, 9.17) is 4.74 Å². The predicted octanol–water partition coefficient (Wildman–Crippen LogP) is -3.10. The molecular formula is C11H16N2O7. The molecular weight excluding hydrogens is 272 g/mol. The maximum atomic E-state index is 11.7. The Balaban J connectivity index is 2.45. The predicted molar refractivity (Wildman–Crippen MR) is 65.0 cm³/mol. The molecule has 0 saturated carbocycles. The quantitative estimate of drug-likeness (QED) is 0.396. The minimum atomic E-state index is -1.81. The molecule has 0 radical (unpaired) electrons. The maximum absolute atomic E-state index is 11.7. The van der Waals surface area contributed by atoms with E-state index in [1.165, 1.54) is 6.92 Å². The van der Waals surface area contributed by atoms with Gasteiger partial charge in [-0.3, -0.25) is 14.3 Å². The second kappa shape index (κ2) is 5.11. The Morgan fingerprint density at radius 2 is 2.15 bits per heavy atom. The van der Waals surface area contributed by atoms with E-state index in [2.05, 4.69) is 0 Å². The first-order chi connectivity index (χ1) is 9.33. The average molecular weight is 288 g/mol. The first-order valence-corrected chi connectivity index (χ1v) is 5.98. The van der Waals surface area contributed by atoms with Gasteiger partial charge in [0.15, 0.2) is 6.23 Å². The number of aromatic amines is 1. The van der Waals surface area contributed by atoms with Gasteiger partial charge in [-0.15, -0.1) is 0 Å². The Hall–Kier alpha value is -1.52. The van der Waals surface area contributed by atoms with Crippen molar-refractivity contribution < 1.29 is 25.2 Å². The topological polar surface area (TPSA) is 145 Å². The zero-order valence-electron chi connectivity index (χ0n) is 10.6. The molecule has 1 fully saturated rings. The standard InChI is InChI=1S/C11H16N2O7/c1-5(15)11(4-14)8(18)7(17)9(20-11)13-3-2-6(16)12-10(13)19/h2-3,5,7-9,14-15,17-18H,4H2,1H3,(H,12,16,19)/t5?,7-,8+,9-,11+/m1/s1. The number of nitrogens with zero attached hydrogens (tertiary/aromatic N) is 1. The molecule has 1 saturated heterocycles. The van der Waals surface area contributed by atoms with Crippen LogP contribution in [0.25, 0.3) is 0 Å². The third kappa shape index (κ3) is 2.09. The number of rotatable bonds is 3.